The van der Waals surface area contributed by atoms with Crippen LogP contribution in [0.5, 0.6) is 0 Å². The van der Waals surface area contributed by atoms with Crippen LogP contribution in [0.2, 0.25) is 0 Å². The third kappa shape index (κ3) is 3.31. The van der Waals surface area contributed by atoms with Crippen LogP contribution in [0.1, 0.15) is 51.4 Å². The van der Waals surface area contributed by atoms with Crippen molar-refractivity contribution < 1.29 is 4.79 Å². The van der Waals surface area contributed by atoms with Crippen LogP contribution in [0.3, 0.4) is 0 Å². The molecule has 1 saturated carbocycles. The molecule has 0 bridgehead atoms. The van der Waals surface area contributed by atoms with Crippen LogP contribution in [-0.4, -0.2) is 24.9 Å². The quantitative estimate of drug-likeness (QED) is 0.690. The highest BCUT2D eigenvalue weighted by Crippen LogP contribution is 2.47. The van der Waals surface area contributed by atoms with E-state index in [4.69, 9.17) is 0 Å². The predicted molar refractivity (Wildman–Crippen MR) is 95.0 cm³/mol. The molecule has 2 amide bonds. The molecule has 2 atom stereocenters. The molecule has 0 aromatic rings. The van der Waals surface area contributed by atoms with E-state index in [1.54, 1.807) is 17.5 Å². The zero-order valence-corrected chi connectivity index (χ0v) is 14.6. The Balaban J connectivity index is 1.37. The number of carbonyl (C=O) groups is 1. The fourth-order valence-electron chi connectivity index (χ4n) is 4.67. The van der Waals surface area contributed by atoms with Gasteiger partial charge in [0.05, 0.1) is 0 Å². The average molecular weight is 334 g/mol. The van der Waals surface area contributed by atoms with Crippen molar-refractivity contribution in [2.75, 3.05) is 18.8 Å². The summed E-state index contributed by atoms with van der Waals surface area (Å²) in [7, 11) is 0. The van der Waals surface area contributed by atoms with Gasteiger partial charge < -0.3 is 10.6 Å². The summed E-state index contributed by atoms with van der Waals surface area (Å²) in [4.78, 5) is 12.3. The maximum absolute atomic E-state index is 12.3. The van der Waals surface area contributed by atoms with E-state index in [1.807, 2.05) is 0 Å². The third-order valence-corrected chi connectivity index (χ3v) is 6.79. The van der Waals surface area contributed by atoms with Gasteiger partial charge in [-0.2, -0.15) is 0 Å². The summed E-state index contributed by atoms with van der Waals surface area (Å²) in [6.07, 6.45) is 9.93. The Hall–Kier alpha value is -0.940. The Labute approximate surface area is 143 Å². The number of fused-ring (bicyclic) bond motifs is 1. The predicted octanol–water partition coefficient (Wildman–Crippen LogP) is 3.48. The van der Waals surface area contributed by atoms with E-state index in [1.165, 1.54) is 61.8 Å². The molecule has 1 saturated heterocycles. The molecule has 5 heteroatoms. The molecular weight excluding hydrogens is 306 g/mol. The van der Waals surface area contributed by atoms with E-state index in [2.05, 4.69) is 15.4 Å². The van der Waals surface area contributed by atoms with E-state index < -0.39 is 0 Å². The highest BCUT2D eigenvalue weighted by atomic mass is 32.2. The normalized spacial score (nSPS) is 29.7. The summed E-state index contributed by atoms with van der Waals surface area (Å²) in [5.74, 6) is 2.41. The van der Waals surface area contributed by atoms with Crippen LogP contribution in [0.4, 0.5) is 4.79 Å². The van der Waals surface area contributed by atoms with Crippen molar-refractivity contribution in [3.8, 4) is 0 Å². The third-order valence-electron chi connectivity index (χ3n) is 5.82. The molecule has 0 aromatic heterocycles. The van der Waals surface area contributed by atoms with Crippen LogP contribution in [-0.2, 0) is 0 Å². The fraction of sp³-hybridized carbons (Fsp3) is 0.722. The van der Waals surface area contributed by atoms with Gasteiger partial charge in [-0.3, -0.25) is 4.72 Å². The lowest BCUT2D eigenvalue weighted by atomic mass is 9.84. The van der Waals surface area contributed by atoms with Gasteiger partial charge in [0.25, 0.3) is 0 Å². The number of amides is 2. The van der Waals surface area contributed by atoms with Crippen molar-refractivity contribution in [1.82, 2.24) is 15.4 Å². The van der Waals surface area contributed by atoms with Gasteiger partial charge in [-0.25, -0.2) is 4.79 Å². The van der Waals surface area contributed by atoms with Gasteiger partial charge in [0.2, 0.25) is 0 Å². The topological polar surface area (TPSA) is 53.2 Å². The van der Waals surface area contributed by atoms with E-state index in [9.17, 15) is 4.79 Å². The molecule has 1 heterocycles. The van der Waals surface area contributed by atoms with Gasteiger partial charge in [0.15, 0.2) is 0 Å². The van der Waals surface area contributed by atoms with Crippen molar-refractivity contribution in [1.29, 1.82) is 0 Å². The summed E-state index contributed by atoms with van der Waals surface area (Å²) >= 11 is 1.56. The summed E-state index contributed by atoms with van der Waals surface area (Å²) in [6, 6.07) is -0.0326. The second-order valence-corrected chi connectivity index (χ2v) is 8.18. The highest BCUT2D eigenvalue weighted by molar-refractivity contribution is 7.97. The number of hydrogen-bond donors (Lipinski definition) is 3. The van der Waals surface area contributed by atoms with Gasteiger partial charge >= 0.3 is 6.03 Å². The summed E-state index contributed by atoms with van der Waals surface area (Å²) in [5.41, 5.74) is 5.83. The molecule has 23 heavy (non-hydrogen) atoms. The maximum atomic E-state index is 12.3. The fourth-order valence-corrected chi connectivity index (χ4v) is 5.46. The van der Waals surface area contributed by atoms with E-state index >= 15 is 0 Å². The molecule has 2 fully saturated rings. The van der Waals surface area contributed by atoms with Gasteiger partial charge in [-0.1, -0.05) is 5.57 Å². The number of nitrogens with one attached hydrogen (secondary N) is 3. The number of rotatable bonds is 4. The number of hydrogen-bond acceptors (Lipinski definition) is 3. The summed E-state index contributed by atoms with van der Waals surface area (Å²) in [5, 5.41) is 6.59. The first kappa shape index (κ1) is 15.6. The summed E-state index contributed by atoms with van der Waals surface area (Å²) < 4.78 is 3.00. The lowest BCUT2D eigenvalue weighted by molar-refractivity contribution is 0.248. The molecule has 0 radical (unpaired) electrons. The van der Waals surface area contributed by atoms with Gasteiger partial charge in [0.1, 0.15) is 0 Å². The lowest BCUT2D eigenvalue weighted by Gasteiger charge is -2.26. The minimum atomic E-state index is -0.0326. The zero-order valence-electron chi connectivity index (χ0n) is 13.7. The Kier molecular flexibility index (Phi) is 4.67. The van der Waals surface area contributed by atoms with Crippen LogP contribution in [0, 0.1) is 11.8 Å². The van der Waals surface area contributed by atoms with Crippen molar-refractivity contribution >= 4 is 18.0 Å². The molecule has 2 unspecified atom stereocenters. The Bertz CT molecular complexity index is 548. The minimum absolute atomic E-state index is 0.0326. The first-order valence-corrected chi connectivity index (χ1v) is 10.1. The van der Waals surface area contributed by atoms with E-state index in [0.717, 1.165) is 25.3 Å². The van der Waals surface area contributed by atoms with E-state index in [0.29, 0.717) is 11.8 Å². The second-order valence-electron chi connectivity index (χ2n) is 7.36. The largest absolute Gasteiger partial charge is 0.329 e. The molecule has 126 valence electrons. The van der Waals surface area contributed by atoms with Crippen molar-refractivity contribution in [3.63, 3.8) is 0 Å². The molecule has 3 N–H and O–H groups in total. The number of allylic oxidation sites excluding steroid dienone is 3. The highest BCUT2D eigenvalue weighted by Gasteiger charge is 2.34. The summed E-state index contributed by atoms with van der Waals surface area (Å²) in [6.45, 7) is 2.20. The molecule has 1 aliphatic heterocycles. The second kappa shape index (κ2) is 6.89. The maximum Gasteiger partial charge on any atom is 0.329 e. The first-order valence-electron chi connectivity index (χ1n) is 9.15. The molecular formula is C18H27N3OS. The van der Waals surface area contributed by atoms with Crippen LogP contribution in [0.15, 0.2) is 22.4 Å². The SMILES string of the molecule is O=C(NSCC1CCNC1)NC1=C2CCCC2CC2=C1CCC2. The lowest BCUT2D eigenvalue weighted by Crippen LogP contribution is -2.34. The molecule has 3 aliphatic carbocycles. The van der Waals surface area contributed by atoms with Crippen molar-refractivity contribution in [3.05, 3.63) is 22.4 Å². The Morgan fingerprint density at radius 1 is 1.22 bits per heavy atom. The van der Waals surface area contributed by atoms with Crippen molar-refractivity contribution in [2.45, 2.75) is 51.4 Å². The standard InChI is InChI=1S/C18H27N3OS/c22-18(21-23-11-12-7-8-19-10-12)20-17-15-5-1-3-13(15)9-14-4-2-6-16(14)17/h12-13,19H,1-11H2,(H2,20,21,22). The monoisotopic (exact) mass is 333 g/mol. The number of urea groups is 1. The first-order chi connectivity index (χ1) is 11.3. The molecule has 0 spiro atoms. The van der Waals surface area contributed by atoms with Gasteiger partial charge in [0, 0.05) is 11.4 Å². The molecule has 4 nitrogen and oxygen atoms in total. The minimum Gasteiger partial charge on any atom is -0.316 e. The van der Waals surface area contributed by atoms with Gasteiger partial charge in [-0.15, -0.1) is 0 Å². The van der Waals surface area contributed by atoms with Crippen LogP contribution < -0.4 is 15.4 Å². The van der Waals surface area contributed by atoms with Crippen LogP contribution >= 0.6 is 11.9 Å². The molecule has 4 rings (SSSR count). The Morgan fingerprint density at radius 3 is 3.04 bits per heavy atom. The average Bonchev–Trinajstić information content (AvgIpc) is 3.27. The molecule has 0 aromatic carbocycles. The van der Waals surface area contributed by atoms with Crippen molar-refractivity contribution in [2.24, 2.45) is 11.8 Å². The van der Waals surface area contributed by atoms with Gasteiger partial charge in [-0.05, 0) is 99.4 Å². The number of carbonyl (C=O) groups excluding carboxylic acids is 1. The van der Waals surface area contributed by atoms with E-state index in [-0.39, 0.29) is 6.03 Å². The Morgan fingerprint density at radius 2 is 2.17 bits per heavy atom. The van der Waals surface area contributed by atoms with Crippen LogP contribution in [0.25, 0.3) is 0 Å². The smallest absolute Gasteiger partial charge is 0.316 e. The molecule has 4 aliphatic rings. The zero-order chi connectivity index (χ0) is 15.6.